The van der Waals surface area contributed by atoms with E-state index in [1.165, 1.54) is 4.90 Å². The highest BCUT2D eigenvalue weighted by Crippen LogP contribution is 2.38. The van der Waals surface area contributed by atoms with E-state index in [9.17, 15) is 9.59 Å². The van der Waals surface area contributed by atoms with Crippen LogP contribution in [0.25, 0.3) is 11.3 Å². The van der Waals surface area contributed by atoms with Gasteiger partial charge in [-0.05, 0) is 51.0 Å². The number of thiazole rings is 1. The zero-order valence-electron chi connectivity index (χ0n) is 17.8. The molecule has 1 N–H and O–H groups in total. The Hall–Kier alpha value is -3.19. The molecule has 2 heterocycles. The van der Waals surface area contributed by atoms with Crippen molar-refractivity contribution >= 4 is 28.8 Å². The molecule has 3 aromatic rings. The van der Waals surface area contributed by atoms with Crippen LogP contribution in [0.2, 0.25) is 0 Å². The van der Waals surface area contributed by atoms with Crippen molar-refractivity contribution in [2.24, 2.45) is 0 Å². The van der Waals surface area contributed by atoms with Crippen LogP contribution in [0.4, 0.5) is 5.69 Å². The van der Waals surface area contributed by atoms with Crippen LogP contribution in [-0.2, 0) is 16.0 Å². The molecule has 6 nitrogen and oxygen atoms in total. The molecule has 2 amide bonds. The summed E-state index contributed by atoms with van der Waals surface area (Å²) in [5.41, 5.74) is 3.55. The molecule has 7 heteroatoms. The summed E-state index contributed by atoms with van der Waals surface area (Å²) in [5, 5.41) is 3.91. The van der Waals surface area contributed by atoms with Gasteiger partial charge in [-0.15, -0.1) is 11.3 Å². The van der Waals surface area contributed by atoms with Gasteiger partial charge in [0.1, 0.15) is 12.3 Å². The van der Waals surface area contributed by atoms with E-state index in [-0.39, 0.29) is 18.4 Å². The minimum absolute atomic E-state index is 0.0488. The highest BCUT2D eigenvalue weighted by atomic mass is 32.1. The molecule has 0 bridgehead atoms. The summed E-state index contributed by atoms with van der Waals surface area (Å²) < 4.78 is 5.78. The fraction of sp³-hybridized carbons (Fsp3) is 0.292. The second-order valence-electron chi connectivity index (χ2n) is 7.59. The van der Waals surface area contributed by atoms with Crippen LogP contribution in [-0.4, -0.2) is 36.0 Å². The highest BCUT2D eigenvalue weighted by Gasteiger charge is 2.33. The number of nitrogens with one attached hydrogen (secondary N) is 1. The molecule has 0 fully saturated rings. The first kappa shape index (κ1) is 21.1. The molecule has 1 aliphatic heterocycles. The van der Waals surface area contributed by atoms with Crippen LogP contribution in [0.5, 0.6) is 5.75 Å². The van der Waals surface area contributed by atoms with Crippen LogP contribution >= 0.6 is 11.3 Å². The van der Waals surface area contributed by atoms with Gasteiger partial charge in [0.15, 0.2) is 6.10 Å². The van der Waals surface area contributed by atoms with E-state index in [1.54, 1.807) is 18.3 Å². The molecule has 160 valence electrons. The Morgan fingerprint density at radius 2 is 1.97 bits per heavy atom. The number of benzene rings is 2. The van der Waals surface area contributed by atoms with Crippen molar-refractivity contribution in [2.75, 3.05) is 18.0 Å². The molecule has 0 saturated heterocycles. The van der Waals surface area contributed by atoms with Crippen LogP contribution in [0.15, 0.2) is 48.5 Å². The number of hydrogen-bond donors (Lipinski definition) is 1. The van der Waals surface area contributed by atoms with Crippen molar-refractivity contribution < 1.29 is 14.3 Å². The lowest BCUT2D eigenvalue weighted by Crippen LogP contribution is -2.49. The van der Waals surface area contributed by atoms with E-state index >= 15 is 0 Å². The monoisotopic (exact) mass is 435 g/mol. The van der Waals surface area contributed by atoms with Crippen LogP contribution in [0, 0.1) is 13.8 Å². The lowest BCUT2D eigenvalue weighted by Gasteiger charge is -2.33. The number of carbonyl (C=O) groups excluding carboxylic acids is 2. The van der Waals surface area contributed by atoms with Crippen molar-refractivity contribution in [2.45, 2.75) is 33.3 Å². The molecule has 0 spiro atoms. The van der Waals surface area contributed by atoms with Crippen molar-refractivity contribution in [1.29, 1.82) is 0 Å². The largest absolute Gasteiger partial charge is 0.479 e. The number of anilines is 1. The van der Waals surface area contributed by atoms with Crippen molar-refractivity contribution in [3.63, 3.8) is 0 Å². The second-order valence-corrected chi connectivity index (χ2v) is 9.00. The van der Waals surface area contributed by atoms with Gasteiger partial charge in [0.25, 0.3) is 5.91 Å². The quantitative estimate of drug-likeness (QED) is 0.637. The Balaban J connectivity index is 1.52. The Morgan fingerprint density at radius 1 is 1.19 bits per heavy atom. The molecule has 0 saturated carbocycles. The smallest absolute Gasteiger partial charge is 0.268 e. The van der Waals surface area contributed by atoms with Crippen LogP contribution in [0.3, 0.4) is 0 Å². The SMILES string of the molecule is Cc1nc(-c2ccc3c(c2)N(CC(=O)NCCc2ccccc2)C(=O)C(C)O3)c(C)s1. The lowest BCUT2D eigenvalue weighted by atomic mass is 10.1. The molecular formula is C24H25N3O3S. The predicted octanol–water partition coefficient (Wildman–Crippen LogP) is 3.90. The van der Waals surface area contributed by atoms with Gasteiger partial charge in [0, 0.05) is 17.0 Å². The van der Waals surface area contributed by atoms with E-state index < -0.39 is 6.10 Å². The molecule has 2 aromatic carbocycles. The van der Waals surface area contributed by atoms with Gasteiger partial charge in [0.05, 0.1) is 16.4 Å². The third-order valence-corrected chi connectivity index (χ3v) is 6.11. The number of aryl methyl sites for hydroxylation is 2. The molecule has 1 aliphatic rings. The van der Waals surface area contributed by atoms with Gasteiger partial charge in [0.2, 0.25) is 5.91 Å². The topological polar surface area (TPSA) is 71.5 Å². The van der Waals surface area contributed by atoms with Crippen molar-refractivity contribution in [3.05, 3.63) is 64.0 Å². The minimum atomic E-state index is -0.640. The molecular weight excluding hydrogens is 410 g/mol. The second kappa shape index (κ2) is 8.89. The maximum atomic E-state index is 12.8. The van der Waals surface area contributed by atoms with Gasteiger partial charge in [-0.2, -0.15) is 0 Å². The van der Waals surface area contributed by atoms with Crippen molar-refractivity contribution in [3.8, 4) is 17.0 Å². The molecule has 1 atom stereocenters. The molecule has 31 heavy (non-hydrogen) atoms. The predicted molar refractivity (Wildman–Crippen MR) is 123 cm³/mol. The number of fused-ring (bicyclic) bond motifs is 1. The van der Waals surface area contributed by atoms with E-state index in [0.29, 0.717) is 18.0 Å². The van der Waals surface area contributed by atoms with E-state index in [4.69, 9.17) is 4.74 Å². The van der Waals surface area contributed by atoms with E-state index in [2.05, 4.69) is 10.3 Å². The van der Waals surface area contributed by atoms with Crippen LogP contribution in [0.1, 0.15) is 22.4 Å². The number of amides is 2. The Kier molecular flexibility index (Phi) is 6.04. The highest BCUT2D eigenvalue weighted by molar-refractivity contribution is 7.11. The molecule has 0 aliphatic carbocycles. The maximum Gasteiger partial charge on any atom is 0.268 e. The third-order valence-electron chi connectivity index (χ3n) is 5.22. The number of aromatic nitrogens is 1. The van der Waals surface area contributed by atoms with Gasteiger partial charge < -0.3 is 10.1 Å². The zero-order valence-corrected chi connectivity index (χ0v) is 18.7. The lowest BCUT2D eigenvalue weighted by molar-refractivity contribution is -0.128. The maximum absolute atomic E-state index is 12.8. The fourth-order valence-corrected chi connectivity index (χ4v) is 4.54. The molecule has 1 aromatic heterocycles. The van der Waals surface area contributed by atoms with E-state index in [1.807, 2.05) is 62.4 Å². The van der Waals surface area contributed by atoms with Gasteiger partial charge in [-0.25, -0.2) is 4.98 Å². The average Bonchev–Trinajstić information content (AvgIpc) is 3.10. The Bertz CT molecular complexity index is 1110. The van der Waals surface area contributed by atoms with Crippen LogP contribution < -0.4 is 15.0 Å². The molecule has 4 rings (SSSR count). The molecule has 1 unspecified atom stereocenters. The Labute approximate surface area is 185 Å². The number of nitrogens with zero attached hydrogens (tertiary/aromatic N) is 2. The zero-order chi connectivity index (χ0) is 22.0. The van der Waals surface area contributed by atoms with E-state index in [0.717, 1.165) is 33.1 Å². The standard InChI is InChI=1S/C24H25N3O3S/c1-15-24(29)27(14-22(28)25-12-11-18-7-5-4-6-8-18)20-13-19(9-10-21(20)30-15)23-16(2)31-17(3)26-23/h4-10,13,15H,11-12,14H2,1-3H3,(H,25,28). The van der Waals surface area contributed by atoms with Gasteiger partial charge in [-0.1, -0.05) is 30.3 Å². The average molecular weight is 436 g/mol. The fourth-order valence-electron chi connectivity index (χ4n) is 3.70. The summed E-state index contributed by atoms with van der Waals surface area (Å²) in [6, 6.07) is 15.7. The number of ether oxygens (including phenoxy) is 1. The minimum Gasteiger partial charge on any atom is -0.479 e. The Morgan fingerprint density at radius 3 is 2.68 bits per heavy atom. The number of rotatable bonds is 6. The number of hydrogen-bond acceptors (Lipinski definition) is 5. The summed E-state index contributed by atoms with van der Waals surface area (Å²) in [6.07, 6.45) is 0.0992. The first-order chi connectivity index (χ1) is 14.9. The summed E-state index contributed by atoms with van der Waals surface area (Å²) in [4.78, 5) is 32.7. The third kappa shape index (κ3) is 4.61. The summed E-state index contributed by atoms with van der Waals surface area (Å²) in [5.74, 6) is 0.169. The van der Waals surface area contributed by atoms with Crippen molar-refractivity contribution in [1.82, 2.24) is 10.3 Å². The summed E-state index contributed by atoms with van der Waals surface area (Å²) >= 11 is 1.63. The first-order valence-corrected chi connectivity index (χ1v) is 11.1. The van der Waals surface area contributed by atoms with Gasteiger partial charge >= 0.3 is 0 Å². The van der Waals surface area contributed by atoms with Gasteiger partial charge in [-0.3, -0.25) is 14.5 Å². The first-order valence-electron chi connectivity index (χ1n) is 10.3. The molecule has 0 radical (unpaired) electrons. The number of carbonyl (C=O) groups is 2. The normalized spacial score (nSPS) is 15.4. The summed E-state index contributed by atoms with van der Waals surface area (Å²) in [6.45, 7) is 6.17. The summed E-state index contributed by atoms with van der Waals surface area (Å²) in [7, 11) is 0.